The van der Waals surface area contributed by atoms with Crippen LogP contribution in [0.5, 0.6) is 0 Å². The highest BCUT2D eigenvalue weighted by atomic mass is 16.6. The van der Waals surface area contributed by atoms with Crippen LogP contribution in [-0.2, 0) is 19.0 Å². The fraction of sp³-hybridized carbons (Fsp3) is 0.909. The van der Waals surface area contributed by atoms with E-state index < -0.39 is 6.10 Å². The number of hydrogen-bond donors (Lipinski definition) is 1. The Hall–Kier alpha value is -0.650. The minimum Gasteiger partial charge on any atom is -0.461 e. The lowest BCUT2D eigenvalue weighted by molar-refractivity contribution is -0.158. The lowest BCUT2D eigenvalue weighted by Crippen LogP contribution is -2.27. The van der Waals surface area contributed by atoms with Crippen molar-refractivity contribution in [2.45, 2.75) is 45.0 Å². The highest BCUT2D eigenvalue weighted by Gasteiger charge is 2.30. The summed E-state index contributed by atoms with van der Waals surface area (Å²) >= 11 is 0. The zero-order valence-corrected chi connectivity index (χ0v) is 9.98. The number of nitrogens with two attached hydrogens (primary N) is 1. The van der Waals surface area contributed by atoms with E-state index in [9.17, 15) is 4.79 Å². The number of hydrogen-bond acceptors (Lipinski definition) is 5. The van der Waals surface area contributed by atoms with Gasteiger partial charge in [-0.2, -0.15) is 0 Å². The van der Waals surface area contributed by atoms with E-state index in [0.29, 0.717) is 19.6 Å². The first-order valence-electron chi connectivity index (χ1n) is 5.77. The highest BCUT2D eigenvalue weighted by molar-refractivity contribution is 5.74. The smallest absolute Gasteiger partial charge is 0.335 e. The molecule has 1 saturated heterocycles. The Labute approximate surface area is 96.2 Å². The van der Waals surface area contributed by atoms with Gasteiger partial charge in [-0.25, -0.2) is 4.79 Å². The summed E-state index contributed by atoms with van der Waals surface area (Å²) in [5.41, 5.74) is 5.45. The van der Waals surface area contributed by atoms with Crippen LogP contribution >= 0.6 is 0 Å². The van der Waals surface area contributed by atoms with Crippen molar-refractivity contribution in [3.05, 3.63) is 0 Å². The molecular weight excluding hydrogens is 210 g/mol. The van der Waals surface area contributed by atoms with E-state index >= 15 is 0 Å². The van der Waals surface area contributed by atoms with E-state index in [4.69, 9.17) is 19.9 Å². The van der Waals surface area contributed by atoms with Gasteiger partial charge in [0, 0.05) is 6.54 Å². The standard InChI is InChI=1S/C11H21NO4/c1-8(2)14-5-6-15-11(13)10-4-3-9(7-12)16-10/h8-10H,3-7,12H2,1-2H3. The molecular formula is C11H21NO4. The third kappa shape index (κ3) is 4.47. The SMILES string of the molecule is CC(C)OCCOC(=O)C1CCC(CN)O1. The molecule has 2 atom stereocenters. The highest BCUT2D eigenvalue weighted by Crippen LogP contribution is 2.19. The van der Waals surface area contributed by atoms with Crippen LogP contribution in [0.2, 0.25) is 0 Å². The Morgan fingerprint density at radius 3 is 2.75 bits per heavy atom. The van der Waals surface area contributed by atoms with E-state index in [1.54, 1.807) is 0 Å². The monoisotopic (exact) mass is 231 g/mol. The average Bonchev–Trinajstić information content (AvgIpc) is 2.72. The molecule has 16 heavy (non-hydrogen) atoms. The van der Waals surface area contributed by atoms with Gasteiger partial charge >= 0.3 is 5.97 Å². The van der Waals surface area contributed by atoms with Gasteiger partial charge in [-0.15, -0.1) is 0 Å². The van der Waals surface area contributed by atoms with Gasteiger partial charge in [0.25, 0.3) is 0 Å². The van der Waals surface area contributed by atoms with Gasteiger partial charge in [0.2, 0.25) is 0 Å². The summed E-state index contributed by atoms with van der Waals surface area (Å²) in [5, 5.41) is 0. The van der Waals surface area contributed by atoms with Crippen molar-refractivity contribution in [3.63, 3.8) is 0 Å². The Bertz CT molecular complexity index is 220. The second kappa shape index (κ2) is 6.83. The second-order valence-corrected chi connectivity index (χ2v) is 4.15. The molecule has 0 spiro atoms. The maximum atomic E-state index is 11.5. The molecule has 5 heteroatoms. The van der Waals surface area contributed by atoms with Crippen LogP contribution in [0.4, 0.5) is 0 Å². The predicted molar refractivity (Wildman–Crippen MR) is 59.0 cm³/mol. The first kappa shape index (κ1) is 13.4. The van der Waals surface area contributed by atoms with Crippen LogP contribution in [-0.4, -0.2) is 44.0 Å². The maximum Gasteiger partial charge on any atom is 0.335 e. The number of rotatable bonds is 6. The minimum absolute atomic E-state index is 0.00413. The molecule has 0 aromatic heterocycles. The molecule has 0 amide bonds. The molecule has 2 N–H and O–H groups in total. The van der Waals surface area contributed by atoms with Crippen molar-refractivity contribution in [2.24, 2.45) is 5.73 Å². The molecule has 1 aliphatic rings. The molecule has 0 aliphatic carbocycles. The lowest BCUT2D eigenvalue weighted by atomic mass is 10.2. The van der Waals surface area contributed by atoms with Gasteiger partial charge in [-0.1, -0.05) is 0 Å². The van der Waals surface area contributed by atoms with Crippen molar-refractivity contribution in [2.75, 3.05) is 19.8 Å². The summed E-state index contributed by atoms with van der Waals surface area (Å²) in [6.07, 6.45) is 1.25. The van der Waals surface area contributed by atoms with E-state index in [2.05, 4.69) is 0 Å². The van der Waals surface area contributed by atoms with Gasteiger partial charge in [0.05, 0.1) is 18.8 Å². The van der Waals surface area contributed by atoms with Crippen molar-refractivity contribution < 1.29 is 19.0 Å². The quantitative estimate of drug-likeness (QED) is 0.531. The topological polar surface area (TPSA) is 70.8 Å². The van der Waals surface area contributed by atoms with Gasteiger partial charge in [-0.05, 0) is 26.7 Å². The Morgan fingerprint density at radius 1 is 1.44 bits per heavy atom. The predicted octanol–water partition coefficient (Wildman–Crippen LogP) is 0.461. The summed E-state index contributed by atoms with van der Waals surface area (Å²) in [7, 11) is 0. The molecule has 1 fully saturated rings. The second-order valence-electron chi connectivity index (χ2n) is 4.15. The van der Waals surface area contributed by atoms with Gasteiger partial charge in [0.1, 0.15) is 6.61 Å². The van der Waals surface area contributed by atoms with E-state index in [1.165, 1.54) is 0 Å². The molecule has 0 saturated carbocycles. The lowest BCUT2D eigenvalue weighted by Gasteiger charge is -2.12. The Balaban J connectivity index is 2.11. The molecule has 1 aliphatic heterocycles. The zero-order chi connectivity index (χ0) is 12.0. The Kier molecular flexibility index (Phi) is 5.73. The third-order valence-corrected chi connectivity index (χ3v) is 2.41. The summed E-state index contributed by atoms with van der Waals surface area (Å²) in [6, 6.07) is 0. The van der Waals surface area contributed by atoms with Crippen LogP contribution in [0.1, 0.15) is 26.7 Å². The van der Waals surface area contributed by atoms with Gasteiger partial charge < -0.3 is 19.9 Å². The number of carbonyl (C=O) groups excluding carboxylic acids is 1. The fourth-order valence-electron chi connectivity index (χ4n) is 1.57. The van der Waals surface area contributed by atoms with Crippen LogP contribution in [0.25, 0.3) is 0 Å². The van der Waals surface area contributed by atoms with Crippen LogP contribution < -0.4 is 5.73 Å². The molecule has 0 aromatic rings. The van der Waals surface area contributed by atoms with Gasteiger partial charge in [0.15, 0.2) is 6.10 Å². The summed E-state index contributed by atoms with van der Waals surface area (Å²) in [5.74, 6) is -0.302. The van der Waals surface area contributed by atoms with Crippen LogP contribution in [0, 0.1) is 0 Å². The average molecular weight is 231 g/mol. The molecule has 1 rings (SSSR count). The van der Waals surface area contributed by atoms with E-state index in [0.717, 1.165) is 6.42 Å². The van der Waals surface area contributed by atoms with Crippen molar-refractivity contribution in [1.29, 1.82) is 0 Å². The largest absolute Gasteiger partial charge is 0.461 e. The molecule has 5 nitrogen and oxygen atoms in total. The number of esters is 1. The molecule has 2 unspecified atom stereocenters. The fourth-order valence-corrected chi connectivity index (χ4v) is 1.57. The van der Waals surface area contributed by atoms with Crippen LogP contribution in [0.15, 0.2) is 0 Å². The normalized spacial score (nSPS) is 25.0. The maximum absolute atomic E-state index is 11.5. The summed E-state index contributed by atoms with van der Waals surface area (Å²) in [6.45, 7) is 5.04. The van der Waals surface area contributed by atoms with Crippen molar-refractivity contribution in [3.8, 4) is 0 Å². The summed E-state index contributed by atoms with van der Waals surface area (Å²) in [4.78, 5) is 11.5. The molecule has 0 bridgehead atoms. The van der Waals surface area contributed by atoms with Gasteiger partial charge in [-0.3, -0.25) is 0 Å². The molecule has 0 radical (unpaired) electrons. The Morgan fingerprint density at radius 2 is 2.19 bits per heavy atom. The van der Waals surface area contributed by atoms with Crippen LogP contribution in [0.3, 0.4) is 0 Å². The molecule has 1 heterocycles. The van der Waals surface area contributed by atoms with E-state index in [1.807, 2.05) is 13.8 Å². The van der Waals surface area contributed by atoms with E-state index in [-0.39, 0.29) is 24.8 Å². The molecule has 94 valence electrons. The first-order valence-corrected chi connectivity index (χ1v) is 5.77. The summed E-state index contributed by atoms with van der Waals surface area (Å²) < 4.78 is 15.7. The first-order chi connectivity index (χ1) is 7.63. The zero-order valence-electron chi connectivity index (χ0n) is 9.98. The number of ether oxygens (including phenoxy) is 3. The van der Waals surface area contributed by atoms with Crippen molar-refractivity contribution in [1.82, 2.24) is 0 Å². The number of carbonyl (C=O) groups is 1. The molecule has 0 aromatic carbocycles. The third-order valence-electron chi connectivity index (χ3n) is 2.41. The van der Waals surface area contributed by atoms with Crippen molar-refractivity contribution >= 4 is 5.97 Å². The minimum atomic E-state index is -0.437.